The molecule has 2 aromatic heterocycles. The number of hydrogen-bond acceptors (Lipinski definition) is 12. The van der Waals surface area contributed by atoms with E-state index < -0.39 is 62.5 Å². The first-order valence-electron chi connectivity index (χ1n) is 12.7. The van der Waals surface area contributed by atoms with Crippen molar-refractivity contribution in [2.24, 2.45) is 0 Å². The lowest BCUT2D eigenvalue weighted by molar-refractivity contribution is -0.132. The summed E-state index contributed by atoms with van der Waals surface area (Å²) in [4.78, 5) is 55.3. The molecular formula is C27H30N2O9S3. The highest BCUT2D eigenvalue weighted by molar-refractivity contribution is 8.13. The molecule has 2 aliphatic heterocycles. The second kappa shape index (κ2) is 12.1. The van der Waals surface area contributed by atoms with Crippen molar-refractivity contribution in [2.45, 2.75) is 75.2 Å². The number of rotatable bonds is 4. The van der Waals surface area contributed by atoms with Crippen LogP contribution in [0.3, 0.4) is 0 Å². The van der Waals surface area contributed by atoms with Gasteiger partial charge in [-0.1, -0.05) is 29.5 Å². The molecule has 41 heavy (non-hydrogen) atoms. The normalized spacial score (nSPS) is 29.9. The summed E-state index contributed by atoms with van der Waals surface area (Å²) < 4.78 is 23.5. The van der Waals surface area contributed by atoms with Crippen molar-refractivity contribution in [3.63, 3.8) is 0 Å². The number of amides is 1. The van der Waals surface area contributed by atoms with E-state index in [1.807, 2.05) is 0 Å². The Kier molecular flexibility index (Phi) is 9.19. The van der Waals surface area contributed by atoms with Crippen molar-refractivity contribution in [3.05, 3.63) is 68.1 Å². The van der Waals surface area contributed by atoms with E-state index >= 15 is 0 Å². The van der Waals surface area contributed by atoms with Crippen molar-refractivity contribution >= 4 is 57.0 Å². The Balaban J connectivity index is 1.74. The number of aryl methyl sites for hydroxylation is 1. The van der Waals surface area contributed by atoms with Gasteiger partial charge in [0.05, 0.1) is 23.9 Å². The van der Waals surface area contributed by atoms with E-state index in [0.717, 1.165) is 4.31 Å². The van der Waals surface area contributed by atoms with Gasteiger partial charge in [-0.25, -0.2) is 14.0 Å². The molecule has 4 bridgehead atoms. The summed E-state index contributed by atoms with van der Waals surface area (Å²) in [6.07, 6.45) is 5.57. The molecule has 220 valence electrons. The van der Waals surface area contributed by atoms with Crippen LogP contribution >= 0.6 is 23.1 Å². The SMILES string of the molecule is C/C1=C\[C@@H](O)C(=O)/C=C/C=C\c2csc(n2)[C@@H](C)N2C(=O)C[C@@]([C@@](C)(O)C(=O)SCc3oc(=O)oc3C)(CC1)[S@]2=O. The van der Waals surface area contributed by atoms with Crippen molar-refractivity contribution in [1.82, 2.24) is 9.29 Å². The number of nitrogens with zero attached hydrogens (tertiary/aromatic N) is 2. The first-order chi connectivity index (χ1) is 19.3. The van der Waals surface area contributed by atoms with Crippen LogP contribution in [0.4, 0.5) is 0 Å². The lowest BCUT2D eigenvalue weighted by Gasteiger charge is -2.39. The summed E-state index contributed by atoms with van der Waals surface area (Å²) in [6.45, 7) is 6.08. The van der Waals surface area contributed by atoms with E-state index in [9.17, 15) is 33.6 Å². The zero-order valence-corrected chi connectivity index (χ0v) is 25.3. The summed E-state index contributed by atoms with van der Waals surface area (Å²) in [5.74, 6) is -1.80. The molecule has 0 radical (unpaired) electrons. The van der Waals surface area contributed by atoms with Crippen LogP contribution in [0.25, 0.3) is 6.08 Å². The van der Waals surface area contributed by atoms with Gasteiger partial charge in [0.1, 0.15) is 38.2 Å². The van der Waals surface area contributed by atoms with Crippen LogP contribution in [0, 0.1) is 6.92 Å². The highest BCUT2D eigenvalue weighted by Gasteiger charge is 2.64. The Morgan fingerprint density at radius 1 is 1.27 bits per heavy atom. The first kappa shape index (κ1) is 31.0. The molecule has 0 spiro atoms. The Bertz CT molecular complexity index is 1530. The fourth-order valence-corrected chi connectivity index (χ4v) is 8.59. The fourth-order valence-electron chi connectivity index (χ4n) is 4.66. The van der Waals surface area contributed by atoms with Crippen molar-refractivity contribution in [2.75, 3.05) is 0 Å². The average Bonchev–Trinajstić information content (AvgIpc) is 3.58. The number of aliphatic hydroxyl groups is 2. The van der Waals surface area contributed by atoms with Crippen molar-refractivity contribution in [1.29, 1.82) is 0 Å². The fraction of sp³-hybridized carbons (Fsp3) is 0.444. The summed E-state index contributed by atoms with van der Waals surface area (Å²) in [6, 6.07) is -0.718. The molecule has 4 rings (SSSR count). The summed E-state index contributed by atoms with van der Waals surface area (Å²) in [5.41, 5.74) is -1.18. The molecule has 5 atom stereocenters. The molecular weight excluding hydrogens is 593 g/mol. The lowest BCUT2D eigenvalue weighted by atomic mass is 9.81. The van der Waals surface area contributed by atoms with Gasteiger partial charge < -0.3 is 19.0 Å². The smallest absolute Gasteiger partial charge is 0.396 e. The van der Waals surface area contributed by atoms with E-state index in [1.54, 1.807) is 31.4 Å². The third-order valence-electron chi connectivity index (χ3n) is 7.19. The number of fused-ring (bicyclic) bond motifs is 4. The highest BCUT2D eigenvalue weighted by atomic mass is 32.2. The minimum atomic E-state index is -2.28. The predicted octanol–water partition coefficient (Wildman–Crippen LogP) is 3.14. The summed E-state index contributed by atoms with van der Waals surface area (Å²) in [5, 5.41) is 23.7. The van der Waals surface area contributed by atoms with Gasteiger partial charge in [-0.3, -0.25) is 18.7 Å². The number of carbonyl (C=O) groups excluding carboxylic acids is 3. The molecule has 11 nitrogen and oxygen atoms in total. The number of ketones is 1. The van der Waals surface area contributed by atoms with Gasteiger partial charge in [-0.05, 0) is 58.8 Å². The van der Waals surface area contributed by atoms with Crippen LogP contribution < -0.4 is 5.82 Å². The standard InChI is InChI=1S/C27H30N2O9S3/c1-15-9-10-27(26(4,35)24(33)40-14-21-17(3)37-25(34)38-21)12-22(32)29(41(27)36)16(2)23-28-18(13-39-23)7-5-6-8-19(30)20(31)11-15/h5-8,11,13,16,20,31,35H,9-10,12,14H2,1-4H3/b7-5-,8-6+,15-11+/t16-,20-,26+,27-,41-/m1/s1. The topological polar surface area (TPSA) is 168 Å². The minimum absolute atomic E-state index is 0.0720. The number of thioether (sulfide) groups is 1. The maximum atomic E-state index is 14.3. The van der Waals surface area contributed by atoms with E-state index in [4.69, 9.17) is 8.83 Å². The third kappa shape index (κ3) is 6.16. The molecule has 0 unspecified atom stereocenters. The average molecular weight is 623 g/mol. The van der Waals surface area contributed by atoms with Gasteiger partial charge in [0.25, 0.3) is 0 Å². The van der Waals surface area contributed by atoms with Crippen LogP contribution in [-0.2, 0) is 31.1 Å². The number of carbonyl (C=O) groups is 3. The Labute approximate surface area is 246 Å². The van der Waals surface area contributed by atoms with Crippen LogP contribution in [-0.4, -0.2) is 57.0 Å². The molecule has 0 saturated carbocycles. The van der Waals surface area contributed by atoms with Crippen LogP contribution in [0.15, 0.2) is 48.9 Å². The number of hydrogen-bond donors (Lipinski definition) is 2. The molecule has 1 amide bonds. The molecule has 2 aliphatic rings. The van der Waals surface area contributed by atoms with Crippen LogP contribution in [0.1, 0.15) is 68.3 Å². The third-order valence-corrected chi connectivity index (χ3v) is 11.6. The predicted molar refractivity (Wildman–Crippen MR) is 154 cm³/mol. The molecule has 0 aliphatic carbocycles. The molecule has 1 saturated heterocycles. The second-order valence-corrected chi connectivity index (χ2v) is 13.6. The Hall–Kier alpha value is -2.91. The number of aromatic nitrogens is 1. The van der Waals surface area contributed by atoms with Gasteiger partial charge in [-0.15, -0.1) is 11.3 Å². The van der Waals surface area contributed by atoms with Crippen molar-refractivity contribution < 1.29 is 37.6 Å². The van der Waals surface area contributed by atoms with Gasteiger partial charge in [0.2, 0.25) is 11.0 Å². The largest absolute Gasteiger partial charge is 0.519 e. The summed E-state index contributed by atoms with van der Waals surface area (Å²) >= 11 is 1.91. The number of allylic oxidation sites excluding steroid dienone is 3. The van der Waals surface area contributed by atoms with E-state index in [1.165, 1.54) is 43.4 Å². The number of thiazole rings is 1. The summed E-state index contributed by atoms with van der Waals surface area (Å²) in [7, 11) is -2.19. The zero-order chi connectivity index (χ0) is 30.1. The molecule has 1 fully saturated rings. The maximum Gasteiger partial charge on any atom is 0.519 e. The van der Waals surface area contributed by atoms with E-state index in [-0.39, 0.29) is 30.1 Å². The van der Waals surface area contributed by atoms with Crippen LogP contribution in [0.2, 0.25) is 0 Å². The molecule has 4 heterocycles. The Morgan fingerprint density at radius 3 is 2.66 bits per heavy atom. The minimum Gasteiger partial charge on any atom is -0.396 e. The zero-order valence-electron chi connectivity index (χ0n) is 22.8. The molecule has 2 N–H and O–H groups in total. The first-order valence-corrected chi connectivity index (χ1v) is 15.7. The quantitative estimate of drug-likeness (QED) is 0.481. The van der Waals surface area contributed by atoms with Gasteiger partial charge in [0, 0.05) is 5.38 Å². The second-order valence-electron chi connectivity index (χ2n) is 10.1. The molecule has 2 aromatic rings. The van der Waals surface area contributed by atoms with Gasteiger partial charge in [-0.2, -0.15) is 0 Å². The molecule has 14 heteroatoms. The molecule has 0 aromatic carbocycles. The number of aliphatic hydroxyl groups excluding tert-OH is 1. The van der Waals surface area contributed by atoms with Crippen LogP contribution in [0.5, 0.6) is 0 Å². The van der Waals surface area contributed by atoms with Gasteiger partial charge in [0.15, 0.2) is 11.5 Å². The highest BCUT2D eigenvalue weighted by Crippen LogP contribution is 2.48. The van der Waals surface area contributed by atoms with Gasteiger partial charge >= 0.3 is 5.82 Å². The lowest BCUT2D eigenvalue weighted by Crippen LogP contribution is -2.58. The monoisotopic (exact) mass is 622 g/mol. The maximum absolute atomic E-state index is 14.3. The van der Waals surface area contributed by atoms with E-state index in [0.29, 0.717) is 28.0 Å². The Morgan fingerprint density at radius 2 is 1.98 bits per heavy atom. The van der Waals surface area contributed by atoms with E-state index in [2.05, 4.69) is 4.98 Å². The van der Waals surface area contributed by atoms with Crippen molar-refractivity contribution in [3.8, 4) is 0 Å².